The second-order valence-corrected chi connectivity index (χ2v) is 5.48. The zero-order chi connectivity index (χ0) is 16.1. The molecule has 1 aromatic heterocycles. The fourth-order valence-electron chi connectivity index (χ4n) is 2.40. The third kappa shape index (κ3) is 3.83. The van der Waals surface area contributed by atoms with Gasteiger partial charge in [0.15, 0.2) is 0 Å². The summed E-state index contributed by atoms with van der Waals surface area (Å²) in [5.74, 6) is -0.240. The maximum absolute atomic E-state index is 12.3. The smallest absolute Gasteiger partial charge is 0.218 e. The Kier molecular flexibility index (Phi) is 4.48. The number of aromatic nitrogens is 1. The fraction of sp³-hybridized carbons (Fsp3) is 0.100. The van der Waals surface area contributed by atoms with Crippen molar-refractivity contribution in [3.63, 3.8) is 0 Å². The molecular weight excluding hydrogens is 284 g/mol. The summed E-state index contributed by atoms with van der Waals surface area (Å²) in [6, 6.07) is 23.3. The van der Waals surface area contributed by atoms with E-state index in [1.807, 2.05) is 61.7 Å². The van der Waals surface area contributed by atoms with E-state index in [1.165, 1.54) is 5.56 Å². The van der Waals surface area contributed by atoms with Crippen LogP contribution in [0.1, 0.15) is 22.4 Å². The van der Waals surface area contributed by atoms with Crippen LogP contribution in [0.3, 0.4) is 0 Å². The Morgan fingerprint density at radius 2 is 1.57 bits per heavy atom. The first-order valence-corrected chi connectivity index (χ1v) is 7.59. The Hall–Kier alpha value is -2.94. The van der Waals surface area contributed by atoms with Crippen molar-refractivity contribution in [2.75, 3.05) is 0 Å². The van der Waals surface area contributed by atoms with Gasteiger partial charge in [0.25, 0.3) is 0 Å². The molecule has 114 valence electrons. The first-order valence-electron chi connectivity index (χ1n) is 7.59. The van der Waals surface area contributed by atoms with Crippen LogP contribution in [0.15, 0.2) is 84.1 Å². The average Bonchev–Trinajstić information content (AvgIpc) is 2.59. The molecule has 23 heavy (non-hydrogen) atoms. The molecule has 0 aliphatic rings. The monoisotopic (exact) mass is 302 g/mol. The number of benzene rings is 2. The van der Waals surface area contributed by atoms with E-state index >= 15 is 0 Å². The summed E-state index contributed by atoms with van der Waals surface area (Å²) in [5, 5.41) is 16.6. The van der Waals surface area contributed by atoms with E-state index in [9.17, 15) is 5.11 Å². The standard InChI is InChI=1S/C20H18N2O/c1-16-12-13-19(14-17-8-4-2-5-9-17)22(15-16)21-20(23)18-10-6-3-7-11-18/h2-13,15H,14H2,1H3. The molecule has 0 aliphatic carbocycles. The van der Waals surface area contributed by atoms with E-state index < -0.39 is 0 Å². The van der Waals surface area contributed by atoms with Crippen LogP contribution in [0.25, 0.3) is 0 Å². The second kappa shape index (κ2) is 6.88. The van der Waals surface area contributed by atoms with E-state index in [0.717, 1.165) is 17.7 Å². The molecule has 2 aromatic carbocycles. The summed E-state index contributed by atoms with van der Waals surface area (Å²) in [6.45, 7) is 1.99. The van der Waals surface area contributed by atoms with Gasteiger partial charge in [-0.05, 0) is 29.2 Å². The van der Waals surface area contributed by atoms with Crippen LogP contribution in [-0.2, 0) is 6.42 Å². The molecule has 0 saturated heterocycles. The molecule has 3 rings (SSSR count). The summed E-state index contributed by atoms with van der Waals surface area (Å²) < 4.78 is 1.69. The quantitative estimate of drug-likeness (QED) is 0.414. The molecule has 0 amide bonds. The van der Waals surface area contributed by atoms with Crippen molar-refractivity contribution in [1.82, 2.24) is 0 Å². The number of hydrogen-bond acceptors (Lipinski definition) is 2. The van der Waals surface area contributed by atoms with Crippen molar-refractivity contribution in [2.24, 2.45) is 5.10 Å². The highest BCUT2D eigenvalue weighted by Gasteiger charge is 2.12. The van der Waals surface area contributed by atoms with Crippen LogP contribution >= 0.6 is 0 Å². The topological polar surface area (TPSA) is 39.3 Å². The Balaban J connectivity index is 1.96. The molecule has 0 N–H and O–H groups in total. The van der Waals surface area contributed by atoms with Gasteiger partial charge >= 0.3 is 0 Å². The summed E-state index contributed by atoms with van der Waals surface area (Å²) in [5.41, 5.74) is 3.82. The van der Waals surface area contributed by atoms with Crippen LogP contribution in [0.4, 0.5) is 0 Å². The SMILES string of the molecule is Cc1ccc(Cc2ccccc2)[n+](/N=C(\[O-])c2ccccc2)c1. The highest BCUT2D eigenvalue weighted by atomic mass is 16.3. The molecule has 0 fully saturated rings. The number of hydrogen-bond donors (Lipinski definition) is 0. The lowest BCUT2D eigenvalue weighted by atomic mass is 10.1. The summed E-state index contributed by atoms with van der Waals surface area (Å²) in [6.07, 6.45) is 2.62. The summed E-state index contributed by atoms with van der Waals surface area (Å²) >= 11 is 0. The molecule has 3 heteroatoms. The lowest BCUT2D eigenvalue weighted by Gasteiger charge is -2.08. The Morgan fingerprint density at radius 1 is 0.913 bits per heavy atom. The molecule has 0 bridgehead atoms. The maximum Gasteiger partial charge on any atom is 0.218 e. The minimum absolute atomic E-state index is 0.240. The Labute approximate surface area is 136 Å². The molecule has 0 atom stereocenters. The van der Waals surface area contributed by atoms with Gasteiger partial charge in [-0.15, -0.1) is 0 Å². The molecular formula is C20H18N2O. The largest absolute Gasteiger partial charge is 0.854 e. The molecule has 3 aromatic rings. The molecule has 0 saturated carbocycles. The van der Waals surface area contributed by atoms with Crippen molar-refractivity contribution in [2.45, 2.75) is 13.3 Å². The van der Waals surface area contributed by atoms with E-state index in [4.69, 9.17) is 0 Å². The predicted octanol–water partition coefficient (Wildman–Crippen LogP) is 2.44. The normalized spacial score (nSPS) is 11.4. The van der Waals surface area contributed by atoms with Crippen molar-refractivity contribution >= 4 is 5.90 Å². The number of rotatable bonds is 4. The molecule has 0 spiro atoms. The highest BCUT2D eigenvalue weighted by Crippen LogP contribution is 2.07. The molecule has 0 unspecified atom stereocenters. The van der Waals surface area contributed by atoms with E-state index in [0.29, 0.717) is 5.56 Å². The van der Waals surface area contributed by atoms with E-state index in [-0.39, 0.29) is 5.90 Å². The Morgan fingerprint density at radius 3 is 2.26 bits per heavy atom. The average molecular weight is 302 g/mol. The van der Waals surface area contributed by atoms with Gasteiger partial charge in [-0.1, -0.05) is 65.3 Å². The molecule has 0 radical (unpaired) electrons. The van der Waals surface area contributed by atoms with E-state index in [2.05, 4.69) is 17.2 Å². The first-order chi connectivity index (χ1) is 11.2. The highest BCUT2D eigenvalue weighted by molar-refractivity contribution is 5.89. The van der Waals surface area contributed by atoms with Gasteiger partial charge in [0.1, 0.15) is 0 Å². The maximum atomic E-state index is 12.3. The van der Waals surface area contributed by atoms with Gasteiger partial charge in [0.05, 0.1) is 12.3 Å². The van der Waals surface area contributed by atoms with Crippen LogP contribution in [0, 0.1) is 6.92 Å². The molecule has 1 heterocycles. The summed E-state index contributed by atoms with van der Waals surface area (Å²) in [4.78, 5) is 0. The van der Waals surface area contributed by atoms with Crippen molar-refractivity contribution in [1.29, 1.82) is 0 Å². The first kappa shape index (κ1) is 15.0. The molecule has 0 aliphatic heterocycles. The lowest BCUT2D eigenvalue weighted by molar-refractivity contribution is -0.688. The third-order valence-electron chi connectivity index (χ3n) is 3.61. The minimum atomic E-state index is -0.240. The van der Waals surface area contributed by atoms with Crippen LogP contribution < -0.4 is 9.78 Å². The van der Waals surface area contributed by atoms with Crippen LogP contribution in [0.5, 0.6) is 0 Å². The minimum Gasteiger partial charge on any atom is -0.854 e. The summed E-state index contributed by atoms with van der Waals surface area (Å²) in [7, 11) is 0. The number of aryl methyl sites for hydroxylation is 1. The van der Waals surface area contributed by atoms with Crippen molar-refractivity contribution in [3.8, 4) is 0 Å². The fourth-order valence-corrected chi connectivity index (χ4v) is 2.40. The second-order valence-electron chi connectivity index (χ2n) is 5.48. The number of nitrogens with zero attached hydrogens (tertiary/aromatic N) is 2. The van der Waals surface area contributed by atoms with Gasteiger partial charge in [0.2, 0.25) is 11.9 Å². The van der Waals surface area contributed by atoms with Gasteiger partial charge in [0, 0.05) is 11.6 Å². The van der Waals surface area contributed by atoms with Crippen LogP contribution in [0.2, 0.25) is 0 Å². The van der Waals surface area contributed by atoms with Crippen molar-refractivity contribution in [3.05, 3.63) is 101 Å². The zero-order valence-electron chi connectivity index (χ0n) is 13.0. The van der Waals surface area contributed by atoms with Crippen molar-refractivity contribution < 1.29 is 9.78 Å². The van der Waals surface area contributed by atoms with Gasteiger partial charge in [-0.25, -0.2) is 0 Å². The van der Waals surface area contributed by atoms with E-state index in [1.54, 1.807) is 16.8 Å². The van der Waals surface area contributed by atoms with Crippen LogP contribution in [-0.4, -0.2) is 5.90 Å². The predicted molar refractivity (Wildman–Crippen MR) is 89.0 cm³/mol. The molecule has 3 nitrogen and oxygen atoms in total. The Bertz CT molecular complexity index is 812. The van der Waals surface area contributed by atoms with Gasteiger partial charge < -0.3 is 5.11 Å². The third-order valence-corrected chi connectivity index (χ3v) is 3.61. The zero-order valence-corrected chi connectivity index (χ0v) is 13.0. The van der Waals surface area contributed by atoms with Gasteiger partial charge in [-0.3, -0.25) is 0 Å². The number of pyridine rings is 1. The van der Waals surface area contributed by atoms with Gasteiger partial charge in [-0.2, -0.15) is 0 Å². The lowest BCUT2D eigenvalue weighted by Crippen LogP contribution is -2.38.